The molecule has 0 aromatic rings. The summed E-state index contributed by atoms with van der Waals surface area (Å²) in [5, 5.41) is 8.76. The van der Waals surface area contributed by atoms with E-state index < -0.39 is 12.1 Å². The monoisotopic (exact) mass is 170 g/mol. The fourth-order valence-electron chi connectivity index (χ4n) is 0.496. The Morgan fingerprint density at radius 1 is 1.58 bits per heavy atom. The third-order valence-electron chi connectivity index (χ3n) is 1.00. The predicted molar refractivity (Wildman–Crippen MR) is 46.6 cm³/mol. The van der Waals surface area contributed by atoms with Crippen molar-refractivity contribution in [3.05, 3.63) is 24.3 Å². The molecule has 0 aromatic heterocycles. The van der Waals surface area contributed by atoms with E-state index in [1.165, 1.54) is 6.08 Å². The molecule has 12 heavy (non-hydrogen) atoms. The first-order valence-corrected chi connectivity index (χ1v) is 3.81. The van der Waals surface area contributed by atoms with Crippen molar-refractivity contribution in [3.8, 4) is 0 Å². The summed E-state index contributed by atoms with van der Waals surface area (Å²) in [6, 6.07) is 0. The maximum atomic E-state index is 10.8. The minimum atomic E-state index is -0.607. The molecule has 68 valence electrons. The summed E-state index contributed by atoms with van der Waals surface area (Å²) >= 11 is 0. The molecule has 0 rings (SSSR count). The number of aliphatic hydroxyl groups is 1. The molecule has 1 unspecified atom stereocenters. The highest BCUT2D eigenvalue weighted by Crippen LogP contribution is 1.86. The number of hydrogen-bond acceptors (Lipinski definition) is 3. The van der Waals surface area contributed by atoms with Gasteiger partial charge in [0, 0.05) is 6.08 Å². The molecule has 0 bridgehead atoms. The van der Waals surface area contributed by atoms with Gasteiger partial charge in [0.2, 0.25) is 0 Å². The molecule has 3 nitrogen and oxygen atoms in total. The van der Waals surface area contributed by atoms with Crippen LogP contribution in [0.3, 0.4) is 0 Å². The van der Waals surface area contributed by atoms with Crippen LogP contribution in [0, 0.1) is 0 Å². The van der Waals surface area contributed by atoms with Crippen LogP contribution in [0.15, 0.2) is 24.3 Å². The molecule has 0 saturated carbocycles. The second-order valence-electron chi connectivity index (χ2n) is 2.36. The first-order valence-electron chi connectivity index (χ1n) is 3.81. The van der Waals surface area contributed by atoms with E-state index in [-0.39, 0.29) is 6.61 Å². The molecule has 0 fully saturated rings. The van der Waals surface area contributed by atoms with Crippen molar-refractivity contribution >= 4 is 5.97 Å². The highest BCUT2D eigenvalue weighted by Gasteiger charge is 1.98. The van der Waals surface area contributed by atoms with Gasteiger partial charge in [0.05, 0.1) is 6.10 Å². The first kappa shape index (κ1) is 10.9. The lowest BCUT2D eigenvalue weighted by atomic mass is 10.4. The Balaban J connectivity index is 3.59. The SMILES string of the molecule is CC=CC=CC(=O)OCC(C)O. The Morgan fingerprint density at radius 2 is 2.25 bits per heavy atom. The van der Waals surface area contributed by atoms with Gasteiger partial charge >= 0.3 is 5.97 Å². The molecule has 0 radical (unpaired) electrons. The van der Waals surface area contributed by atoms with E-state index in [0.717, 1.165) is 0 Å². The zero-order valence-electron chi connectivity index (χ0n) is 7.36. The van der Waals surface area contributed by atoms with Crippen LogP contribution in [0.2, 0.25) is 0 Å². The number of carbonyl (C=O) groups is 1. The highest BCUT2D eigenvalue weighted by molar-refractivity contribution is 5.82. The minimum absolute atomic E-state index is 0.0407. The number of rotatable bonds is 4. The van der Waals surface area contributed by atoms with Gasteiger partial charge in [-0.15, -0.1) is 0 Å². The van der Waals surface area contributed by atoms with Crippen LogP contribution in [0.4, 0.5) is 0 Å². The van der Waals surface area contributed by atoms with Crippen LogP contribution < -0.4 is 0 Å². The normalized spacial score (nSPS) is 13.9. The van der Waals surface area contributed by atoms with Crippen LogP contribution in [-0.4, -0.2) is 23.8 Å². The summed E-state index contributed by atoms with van der Waals surface area (Å²) in [6.07, 6.45) is 5.82. The third kappa shape index (κ3) is 7.02. The van der Waals surface area contributed by atoms with Gasteiger partial charge in [-0.3, -0.25) is 0 Å². The molecule has 3 heteroatoms. The summed E-state index contributed by atoms with van der Waals surface area (Å²) in [4.78, 5) is 10.8. The fraction of sp³-hybridized carbons (Fsp3) is 0.444. The van der Waals surface area contributed by atoms with E-state index in [9.17, 15) is 4.79 Å². The van der Waals surface area contributed by atoms with Crippen molar-refractivity contribution in [1.29, 1.82) is 0 Å². The van der Waals surface area contributed by atoms with Crippen molar-refractivity contribution in [2.75, 3.05) is 6.61 Å². The molecule has 0 saturated heterocycles. The second-order valence-corrected chi connectivity index (χ2v) is 2.36. The van der Waals surface area contributed by atoms with Crippen LogP contribution in [0.1, 0.15) is 13.8 Å². The first-order chi connectivity index (χ1) is 5.66. The fourth-order valence-corrected chi connectivity index (χ4v) is 0.496. The molecule has 0 spiro atoms. The molecule has 0 heterocycles. The lowest BCUT2D eigenvalue weighted by Gasteiger charge is -2.02. The molecule has 1 N–H and O–H groups in total. The van der Waals surface area contributed by atoms with Crippen molar-refractivity contribution in [2.24, 2.45) is 0 Å². The maximum absolute atomic E-state index is 10.8. The van der Waals surface area contributed by atoms with Crippen LogP contribution in [-0.2, 0) is 9.53 Å². The van der Waals surface area contributed by atoms with Crippen molar-refractivity contribution in [1.82, 2.24) is 0 Å². The molecule has 0 amide bonds. The highest BCUT2D eigenvalue weighted by atomic mass is 16.5. The molecule has 1 atom stereocenters. The number of allylic oxidation sites excluding steroid dienone is 3. The number of esters is 1. The average Bonchev–Trinajstić information content (AvgIpc) is 2.01. The summed E-state index contributed by atoms with van der Waals surface area (Å²) < 4.78 is 4.64. The van der Waals surface area contributed by atoms with E-state index in [4.69, 9.17) is 5.11 Å². The Kier molecular flexibility index (Phi) is 6.01. The van der Waals surface area contributed by atoms with Gasteiger partial charge in [0.1, 0.15) is 6.61 Å². The van der Waals surface area contributed by atoms with Gasteiger partial charge < -0.3 is 9.84 Å². The minimum Gasteiger partial charge on any atom is -0.460 e. The van der Waals surface area contributed by atoms with Gasteiger partial charge in [0.25, 0.3) is 0 Å². The van der Waals surface area contributed by atoms with E-state index in [1.54, 1.807) is 25.2 Å². The summed E-state index contributed by atoms with van der Waals surface area (Å²) in [7, 11) is 0. The van der Waals surface area contributed by atoms with E-state index in [0.29, 0.717) is 0 Å². The number of hydrogen-bond donors (Lipinski definition) is 1. The molecule has 0 aromatic carbocycles. The summed E-state index contributed by atoms with van der Waals surface area (Å²) in [5.74, 6) is -0.436. The molecular formula is C9H14O3. The largest absolute Gasteiger partial charge is 0.460 e. The zero-order valence-corrected chi connectivity index (χ0v) is 7.36. The predicted octanol–water partition coefficient (Wildman–Crippen LogP) is 1.04. The Hall–Kier alpha value is -1.09. The van der Waals surface area contributed by atoms with Crippen molar-refractivity contribution in [2.45, 2.75) is 20.0 Å². The second kappa shape index (κ2) is 6.61. The van der Waals surface area contributed by atoms with Gasteiger partial charge in [-0.25, -0.2) is 4.79 Å². The summed E-state index contributed by atoms with van der Waals surface area (Å²) in [5.41, 5.74) is 0. The Labute approximate surface area is 72.3 Å². The lowest BCUT2D eigenvalue weighted by Crippen LogP contribution is -2.13. The number of aliphatic hydroxyl groups excluding tert-OH is 1. The number of ether oxygens (including phenoxy) is 1. The van der Waals surface area contributed by atoms with Crippen molar-refractivity contribution < 1.29 is 14.6 Å². The van der Waals surface area contributed by atoms with Crippen LogP contribution >= 0.6 is 0 Å². The van der Waals surface area contributed by atoms with E-state index in [1.807, 2.05) is 6.92 Å². The molecular weight excluding hydrogens is 156 g/mol. The van der Waals surface area contributed by atoms with Gasteiger partial charge in [-0.05, 0) is 13.8 Å². The number of carbonyl (C=O) groups excluding carboxylic acids is 1. The van der Waals surface area contributed by atoms with Crippen molar-refractivity contribution in [3.63, 3.8) is 0 Å². The van der Waals surface area contributed by atoms with Gasteiger partial charge in [-0.2, -0.15) is 0 Å². The smallest absolute Gasteiger partial charge is 0.330 e. The lowest BCUT2D eigenvalue weighted by molar-refractivity contribution is -0.140. The standard InChI is InChI=1S/C9H14O3/c1-3-4-5-6-9(11)12-7-8(2)10/h3-6,8,10H,7H2,1-2H3. The van der Waals surface area contributed by atoms with Crippen LogP contribution in [0.25, 0.3) is 0 Å². The van der Waals surface area contributed by atoms with Crippen LogP contribution in [0.5, 0.6) is 0 Å². The van der Waals surface area contributed by atoms with E-state index in [2.05, 4.69) is 4.74 Å². The zero-order chi connectivity index (χ0) is 9.40. The molecule has 0 aliphatic rings. The molecule has 0 aliphatic heterocycles. The molecule has 0 aliphatic carbocycles. The Bertz CT molecular complexity index is 180. The van der Waals surface area contributed by atoms with Gasteiger partial charge in [0.15, 0.2) is 0 Å². The summed E-state index contributed by atoms with van der Waals surface area (Å²) in [6.45, 7) is 3.45. The third-order valence-corrected chi connectivity index (χ3v) is 1.00. The Morgan fingerprint density at radius 3 is 2.75 bits per heavy atom. The van der Waals surface area contributed by atoms with E-state index >= 15 is 0 Å². The quantitative estimate of drug-likeness (QED) is 0.389. The maximum Gasteiger partial charge on any atom is 0.330 e. The average molecular weight is 170 g/mol. The van der Waals surface area contributed by atoms with Gasteiger partial charge in [-0.1, -0.05) is 18.2 Å². The topological polar surface area (TPSA) is 46.5 Å².